The summed E-state index contributed by atoms with van der Waals surface area (Å²) in [5.41, 5.74) is 1.26. The van der Waals surface area contributed by atoms with Crippen molar-refractivity contribution in [1.29, 1.82) is 0 Å². The number of rotatable bonds is 3. The Bertz CT molecular complexity index is 391. The van der Waals surface area contributed by atoms with E-state index in [0.29, 0.717) is 0 Å². The molecule has 1 saturated heterocycles. The van der Waals surface area contributed by atoms with Crippen molar-refractivity contribution in [2.24, 2.45) is 0 Å². The van der Waals surface area contributed by atoms with Crippen LogP contribution in [0.15, 0.2) is 30.3 Å². The molecule has 0 saturated carbocycles. The van der Waals surface area contributed by atoms with Gasteiger partial charge in [-0.05, 0) is 31.9 Å². The van der Waals surface area contributed by atoms with Crippen LogP contribution in [0.4, 0.5) is 0 Å². The quantitative estimate of drug-likeness (QED) is 0.769. The lowest BCUT2D eigenvalue weighted by atomic mass is 9.97. The van der Waals surface area contributed by atoms with E-state index in [2.05, 4.69) is 24.0 Å². The van der Waals surface area contributed by atoms with E-state index in [1.165, 1.54) is 12.7 Å². The average Bonchev–Trinajstić information content (AvgIpc) is 2.46. The Morgan fingerprint density at radius 2 is 2.06 bits per heavy atom. The predicted octanol–water partition coefficient (Wildman–Crippen LogP) is 2.78. The fraction of sp³-hybridized carbons (Fsp3) is 0.533. The minimum absolute atomic E-state index is 0.0843. The molecule has 2 atom stereocenters. The highest BCUT2D eigenvalue weighted by molar-refractivity contribution is 5.75. The van der Waals surface area contributed by atoms with E-state index in [0.717, 1.165) is 25.8 Å². The Labute approximate surface area is 109 Å². The Morgan fingerprint density at radius 1 is 1.33 bits per heavy atom. The molecule has 3 nitrogen and oxygen atoms in total. The average molecular weight is 247 g/mol. The second-order valence-corrected chi connectivity index (χ2v) is 4.86. The van der Waals surface area contributed by atoms with Crippen molar-refractivity contribution in [3.05, 3.63) is 35.9 Å². The number of esters is 1. The van der Waals surface area contributed by atoms with Crippen molar-refractivity contribution in [3.63, 3.8) is 0 Å². The molecule has 0 aliphatic carbocycles. The van der Waals surface area contributed by atoms with Crippen molar-refractivity contribution in [1.82, 2.24) is 4.90 Å². The van der Waals surface area contributed by atoms with E-state index < -0.39 is 0 Å². The van der Waals surface area contributed by atoms with Crippen molar-refractivity contribution < 1.29 is 9.53 Å². The first kappa shape index (κ1) is 13.1. The molecule has 2 rings (SSSR count). The summed E-state index contributed by atoms with van der Waals surface area (Å²) in [5.74, 6) is -0.0996. The summed E-state index contributed by atoms with van der Waals surface area (Å²) in [7, 11) is 1.47. The third-order valence-corrected chi connectivity index (χ3v) is 3.80. The second-order valence-electron chi connectivity index (χ2n) is 4.86. The van der Waals surface area contributed by atoms with Crippen LogP contribution in [-0.2, 0) is 9.53 Å². The van der Waals surface area contributed by atoms with Crippen LogP contribution in [-0.4, -0.2) is 30.6 Å². The molecule has 0 bridgehead atoms. The number of hydrogen-bond acceptors (Lipinski definition) is 3. The molecule has 0 unspecified atom stereocenters. The SMILES string of the molecule is COC(=O)[C@H]1CCCCN1[C@@H](C)c1ccccc1. The van der Waals surface area contributed by atoms with Crippen LogP contribution >= 0.6 is 0 Å². The van der Waals surface area contributed by atoms with Gasteiger partial charge in [0.25, 0.3) is 0 Å². The van der Waals surface area contributed by atoms with Crippen molar-refractivity contribution in [2.75, 3.05) is 13.7 Å². The lowest BCUT2D eigenvalue weighted by Gasteiger charge is -2.38. The van der Waals surface area contributed by atoms with Gasteiger partial charge in [0.15, 0.2) is 0 Å². The molecule has 1 aliphatic rings. The van der Waals surface area contributed by atoms with Gasteiger partial charge >= 0.3 is 5.97 Å². The number of carbonyl (C=O) groups excluding carboxylic acids is 1. The maximum absolute atomic E-state index is 11.8. The Balaban J connectivity index is 2.16. The maximum Gasteiger partial charge on any atom is 0.323 e. The van der Waals surface area contributed by atoms with Gasteiger partial charge in [-0.25, -0.2) is 0 Å². The van der Waals surface area contributed by atoms with Gasteiger partial charge in [-0.15, -0.1) is 0 Å². The number of nitrogens with zero attached hydrogens (tertiary/aromatic N) is 1. The zero-order chi connectivity index (χ0) is 13.0. The zero-order valence-electron chi connectivity index (χ0n) is 11.1. The first-order chi connectivity index (χ1) is 8.74. The fourth-order valence-corrected chi connectivity index (χ4v) is 2.73. The molecular formula is C15H21NO2. The van der Waals surface area contributed by atoms with Gasteiger partial charge in [-0.1, -0.05) is 36.8 Å². The number of hydrogen-bond donors (Lipinski definition) is 0. The highest BCUT2D eigenvalue weighted by Gasteiger charge is 2.32. The number of piperidine rings is 1. The number of benzene rings is 1. The summed E-state index contributed by atoms with van der Waals surface area (Å²) in [6.45, 7) is 3.13. The van der Waals surface area contributed by atoms with E-state index in [-0.39, 0.29) is 18.1 Å². The van der Waals surface area contributed by atoms with Crippen LogP contribution in [0, 0.1) is 0 Å². The standard InChI is InChI=1S/C15H21NO2/c1-12(13-8-4-3-5-9-13)16-11-7-6-10-14(16)15(17)18-2/h3-5,8-9,12,14H,6-7,10-11H2,1-2H3/t12-,14+/m0/s1. The number of ether oxygens (including phenoxy) is 1. The number of carbonyl (C=O) groups is 1. The molecule has 0 aromatic heterocycles. The van der Waals surface area contributed by atoms with Gasteiger partial charge in [-0.2, -0.15) is 0 Å². The van der Waals surface area contributed by atoms with Crippen molar-refractivity contribution in [3.8, 4) is 0 Å². The van der Waals surface area contributed by atoms with Gasteiger partial charge in [0.1, 0.15) is 6.04 Å². The van der Waals surface area contributed by atoms with Crippen LogP contribution in [0.25, 0.3) is 0 Å². The lowest BCUT2D eigenvalue weighted by molar-refractivity contribution is -0.149. The molecule has 0 spiro atoms. The van der Waals surface area contributed by atoms with E-state index in [1.54, 1.807) is 0 Å². The van der Waals surface area contributed by atoms with Crippen LogP contribution in [0.3, 0.4) is 0 Å². The van der Waals surface area contributed by atoms with Gasteiger partial charge in [0.05, 0.1) is 7.11 Å². The zero-order valence-corrected chi connectivity index (χ0v) is 11.1. The molecule has 3 heteroatoms. The third kappa shape index (κ3) is 2.72. The Morgan fingerprint density at radius 3 is 2.72 bits per heavy atom. The summed E-state index contributed by atoms with van der Waals surface area (Å²) in [6, 6.07) is 10.5. The molecule has 1 heterocycles. The smallest absolute Gasteiger partial charge is 0.323 e. The van der Waals surface area contributed by atoms with Crippen molar-refractivity contribution in [2.45, 2.75) is 38.3 Å². The van der Waals surface area contributed by atoms with Crippen molar-refractivity contribution >= 4 is 5.97 Å². The summed E-state index contributed by atoms with van der Waals surface area (Å²) in [6.07, 6.45) is 3.17. The molecule has 0 radical (unpaired) electrons. The lowest BCUT2D eigenvalue weighted by Crippen LogP contribution is -2.46. The first-order valence-electron chi connectivity index (χ1n) is 6.62. The summed E-state index contributed by atoms with van der Waals surface area (Å²) in [5, 5.41) is 0. The highest BCUT2D eigenvalue weighted by Crippen LogP contribution is 2.28. The molecule has 1 aliphatic heterocycles. The van der Waals surface area contributed by atoms with E-state index >= 15 is 0 Å². The minimum atomic E-state index is -0.0996. The Hall–Kier alpha value is -1.35. The van der Waals surface area contributed by atoms with Gasteiger partial charge < -0.3 is 4.74 Å². The first-order valence-corrected chi connectivity index (χ1v) is 6.62. The molecule has 18 heavy (non-hydrogen) atoms. The second kappa shape index (κ2) is 6.01. The highest BCUT2D eigenvalue weighted by atomic mass is 16.5. The summed E-state index contributed by atoms with van der Waals surface area (Å²) < 4.78 is 4.93. The molecule has 98 valence electrons. The molecule has 0 N–H and O–H groups in total. The van der Waals surface area contributed by atoms with E-state index in [9.17, 15) is 4.79 Å². The molecule has 1 aromatic rings. The normalized spacial score (nSPS) is 22.4. The van der Waals surface area contributed by atoms with E-state index in [1.807, 2.05) is 18.2 Å². The molecule has 0 amide bonds. The van der Waals surface area contributed by atoms with Crippen LogP contribution in [0.1, 0.15) is 37.8 Å². The Kier molecular flexibility index (Phi) is 4.37. The van der Waals surface area contributed by atoms with Gasteiger partial charge in [-0.3, -0.25) is 9.69 Å². The minimum Gasteiger partial charge on any atom is -0.468 e. The van der Waals surface area contributed by atoms with Gasteiger partial charge in [0.2, 0.25) is 0 Å². The fourth-order valence-electron chi connectivity index (χ4n) is 2.73. The molecular weight excluding hydrogens is 226 g/mol. The monoisotopic (exact) mass is 247 g/mol. The van der Waals surface area contributed by atoms with Crippen LogP contribution < -0.4 is 0 Å². The predicted molar refractivity (Wildman–Crippen MR) is 71.2 cm³/mol. The molecule has 1 fully saturated rings. The van der Waals surface area contributed by atoms with Crippen LogP contribution in [0.5, 0.6) is 0 Å². The summed E-state index contributed by atoms with van der Waals surface area (Å²) in [4.78, 5) is 14.1. The number of methoxy groups -OCH3 is 1. The largest absolute Gasteiger partial charge is 0.468 e. The molecule has 1 aromatic carbocycles. The van der Waals surface area contributed by atoms with Crippen LogP contribution in [0.2, 0.25) is 0 Å². The van der Waals surface area contributed by atoms with E-state index in [4.69, 9.17) is 4.74 Å². The summed E-state index contributed by atoms with van der Waals surface area (Å²) >= 11 is 0. The maximum atomic E-state index is 11.8. The van der Waals surface area contributed by atoms with Gasteiger partial charge in [0, 0.05) is 6.04 Å². The number of likely N-dealkylation sites (tertiary alicyclic amines) is 1. The topological polar surface area (TPSA) is 29.5 Å². The third-order valence-electron chi connectivity index (χ3n) is 3.80.